The Morgan fingerprint density at radius 2 is 2.12 bits per heavy atom. The second-order valence-corrected chi connectivity index (χ2v) is 9.44. The lowest BCUT2D eigenvalue weighted by Crippen LogP contribution is -2.66. The molecule has 4 rings (SSSR count). The van der Waals surface area contributed by atoms with Gasteiger partial charge < -0.3 is 5.11 Å². The summed E-state index contributed by atoms with van der Waals surface area (Å²) in [5.74, 6) is -0.318. The minimum atomic E-state index is -1.81. The summed E-state index contributed by atoms with van der Waals surface area (Å²) in [4.78, 5) is 24.2. The highest BCUT2D eigenvalue weighted by Crippen LogP contribution is 2.67. The van der Waals surface area contributed by atoms with E-state index in [9.17, 15) is 14.7 Å². The first-order valence-electron chi connectivity index (χ1n) is 9.29. The minimum Gasteiger partial charge on any atom is -0.390 e. The van der Waals surface area contributed by atoms with Gasteiger partial charge in [0, 0.05) is 16.7 Å². The predicted octanol–water partition coefficient (Wildman–Crippen LogP) is 3.90. The summed E-state index contributed by atoms with van der Waals surface area (Å²) in [5.41, 5.74) is -1.66. The predicted molar refractivity (Wildman–Crippen MR) is 106 cm³/mol. The van der Waals surface area contributed by atoms with Gasteiger partial charge in [0.2, 0.25) is 0 Å². The van der Waals surface area contributed by atoms with E-state index in [1.54, 1.807) is 12.2 Å². The highest BCUT2D eigenvalue weighted by molar-refractivity contribution is 14.1. The first-order chi connectivity index (χ1) is 12.2. The molecular formula is C21H24FIO3. The summed E-state index contributed by atoms with van der Waals surface area (Å²) in [5, 5.41) is 11.1. The Bertz CT molecular complexity index is 784. The standard InChI is InChI=1S/C21H24FIO3/c1-19-10-18(26)21(22)15(14(19)5-6-16(19)17(25)11-23)4-3-12-9-13(24)7-8-20(12,21)2/h6-9,14-15,18,26H,3-5,10-11H2,1-2H3/t14-,15-,18-,19-,20-,21?/m0/s1. The lowest BCUT2D eigenvalue weighted by molar-refractivity contribution is -0.185. The molecular weight excluding hydrogens is 446 g/mol. The molecule has 2 saturated carbocycles. The lowest BCUT2D eigenvalue weighted by Gasteiger charge is -2.61. The van der Waals surface area contributed by atoms with Crippen molar-refractivity contribution in [2.75, 3.05) is 4.43 Å². The number of carbonyl (C=O) groups is 2. The van der Waals surface area contributed by atoms with E-state index < -0.39 is 22.6 Å². The number of rotatable bonds is 2. The highest BCUT2D eigenvalue weighted by atomic mass is 127. The van der Waals surface area contributed by atoms with E-state index in [1.807, 2.05) is 19.9 Å². The van der Waals surface area contributed by atoms with Crippen molar-refractivity contribution < 1.29 is 19.1 Å². The van der Waals surface area contributed by atoms with Crippen LogP contribution in [0.3, 0.4) is 0 Å². The van der Waals surface area contributed by atoms with Crippen molar-refractivity contribution in [3.05, 3.63) is 35.5 Å². The van der Waals surface area contributed by atoms with Crippen LogP contribution in [-0.2, 0) is 9.59 Å². The third-order valence-corrected chi connectivity index (χ3v) is 8.34. The molecule has 0 bridgehead atoms. The molecule has 0 spiro atoms. The molecule has 1 N–H and O–H groups in total. The fourth-order valence-electron chi connectivity index (χ4n) is 6.29. The van der Waals surface area contributed by atoms with Gasteiger partial charge in [-0.05, 0) is 56.3 Å². The van der Waals surface area contributed by atoms with E-state index in [4.69, 9.17) is 0 Å². The fraction of sp³-hybridized carbons (Fsp3) is 0.619. The van der Waals surface area contributed by atoms with E-state index in [0.717, 1.165) is 11.1 Å². The van der Waals surface area contributed by atoms with Crippen molar-refractivity contribution >= 4 is 34.2 Å². The zero-order valence-electron chi connectivity index (χ0n) is 15.1. The molecule has 0 aromatic carbocycles. The zero-order valence-corrected chi connectivity index (χ0v) is 17.3. The second kappa shape index (κ2) is 5.84. The fourth-order valence-corrected chi connectivity index (χ4v) is 6.70. The van der Waals surface area contributed by atoms with Crippen LogP contribution in [0.1, 0.15) is 39.5 Å². The smallest absolute Gasteiger partial charge is 0.178 e. The summed E-state index contributed by atoms with van der Waals surface area (Å²) in [6.45, 7) is 3.84. The van der Waals surface area contributed by atoms with Crippen LogP contribution in [0.15, 0.2) is 35.5 Å². The Kier molecular flexibility index (Phi) is 4.16. The lowest BCUT2D eigenvalue weighted by atomic mass is 9.45. The maximum atomic E-state index is 16.7. The summed E-state index contributed by atoms with van der Waals surface area (Å²) >= 11 is 2.07. The Labute approximate surface area is 166 Å². The average molecular weight is 470 g/mol. The molecule has 26 heavy (non-hydrogen) atoms. The van der Waals surface area contributed by atoms with Gasteiger partial charge in [-0.3, -0.25) is 9.59 Å². The largest absolute Gasteiger partial charge is 0.390 e. The number of hydrogen-bond donors (Lipinski definition) is 1. The van der Waals surface area contributed by atoms with E-state index in [2.05, 4.69) is 22.6 Å². The molecule has 4 aliphatic carbocycles. The van der Waals surface area contributed by atoms with Crippen LogP contribution < -0.4 is 0 Å². The molecule has 5 heteroatoms. The Morgan fingerprint density at radius 3 is 2.81 bits per heavy atom. The normalized spacial score (nSPS) is 46.8. The minimum absolute atomic E-state index is 0.0159. The molecule has 0 aliphatic heterocycles. The van der Waals surface area contributed by atoms with Gasteiger partial charge in [0.1, 0.15) is 0 Å². The Balaban J connectivity index is 1.79. The summed E-state index contributed by atoms with van der Waals surface area (Å²) < 4.78 is 17.1. The van der Waals surface area contributed by atoms with Crippen LogP contribution in [-0.4, -0.2) is 32.9 Å². The molecule has 0 aromatic heterocycles. The van der Waals surface area contributed by atoms with Crippen LogP contribution in [0.4, 0.5) is 4.39 Å². The van der Waals surface area contributed by atoms with Crippen LogP contribution in [0.5, 0.6) is 0 Å². The third kappa shape index (κ3) is 2.13. The molecule has 6 atom stereocenters. The molecule has 0 aromatic rings. The molecule has 2 fully saturated rings. The summed E-state index contributed by atoms with van der Waals surface area (Å²) in [6, 6.07) is 0. The third-order valence-electron chi connectivity index (χ3n) is 7.64. The SMILES string of the molecule is C[C@]12C=CC(=O)C=C1CC[C@H]1[C@@H]3CC=C(C(=O)CI)[C@@]3(C)C[C@H](O)C12F. The van der Waals surface area contributed by atoms with Crippen molar-refractivity contribution in [2.24, 2.45) is 22.7 Å². The molecule has 4 aliphatic rings. The number of hydrogen-bond acceptors (Lipinski definition) is 3. The van der Waals surface area contributed by atoms with Crippen LogP contribution in [0.25, 0.3) is 0 Å². The molecule has 0 amide bonds. The van der Waals surface area contributed by atoms with Gasteiger partial charge in [-0.15, -0.1) is 0 Å². The van der Waals surface area contributed by atoms with Gasteiger partial charge in [0.15, 0.2) is 17.2 Å². The topological polar surface area (TPSA) is 54.4 Å². The summed E-state index contributed by atoms with van der Waals surface area (Å²) in [7, 11) is 0. The molecule has 0 radical (unpaired) electrons. The van der Waals surface area contributed by atoms with E-state index in [0.29, 0.717) is 23.7 Å². The molecule has 0 heterocycles. The van der Waals surface area contributed by atoms with Crippen molar-refractivity contribution in [1.29, 1.82) is 0 Å². The second-order valence-electron chi connectivity index (χ2n) is 8.68. The number of ketones is 2. The number of alkyl halides is 2. The van der Waals surface area contributed by atoms with E-state index in [1.165, 1.54) is 6.08 Å². The number of fused-ring (bicyclic) bond motifs is 5. The quantitative estimate of drug-likeness (QED) is 0.492. The van der Waals surface area contributed by atoms with Crippen molar-refractivity contribution in [3.8, 4) is 0 Å². The van der Waals surface area contributed by atoms with Crippen molar-refractivity contribution in [2.45, 2.75) is 51.3 Å². The Hall–Kier alpha value is -0.820. The molecule has 1 unspecified atom stereocenters. The zero-order chi connectivity index (χ0) is 18.9. The summed E-state index contributed by atoms with van der Waals surface area (Å²) in [6.07, 6.45) is 7.69. The van der Waals surface area contributed by atoms with Gasteiger partial charge in [-0.2, -0.15) is 0 Å². The first-order valence-corrected chi connectivity index (χ1v) is 10.8. The highest BCUT2D eigenvalue weighted by Gasteiger charge is 2.69. The molecule has 3 nitrogen and oxygen atoms in total. The van der Waals surface area contributed by atoms with Crippen molar-refractivity contribution in [3.63, 3.8) is 0 Å². The average Bonchev–Trinajstić information content (AvgIpc) is 2.93. The maximum absolute atomic E-state index is 16.7. The molecule has 0 saturated heterocycles. The van der Waals surface area contributed by atoms with E-state index >= 15 is 4.39 Å². The van der Waals surface area contributed by atoms with Gasteiger partial charge in [0.25, 0.3) is 0 Å². The van der Waals surface area contributed by atoms with Gasteiger partial charge in [0.05, 0.1) is 10.5 Å². The number of aliphatic hydroxyl groups excluding tert-OH is 1. The van der Waals surface area contributed by atoms with Gasteiger partial charge in [-0.1, -0.05) is 47.2 Å². The van der Waals surface area contributed by atoms with Crippen LogP contribution in [0, 0.1) is 22.7 Å². The van der Waals surface area contributed by atoms with Crippen LogP contribution in [0.2, 0.25) is 0 Å². The monoisotopic (exact) mass is 470 g/mol. The Morgan fingerprint density at radius 1 is 1.38 bits per heavy atom. The number of aliphatic hydroxyl groups is 1. The number of allylic oxidation sites excluding steroid dienone is 6. The van der Waals surface area contributed by atoms with Gasteiger partial charge >= 0.3 is 0 Å². The number of carbonyl (C=O) groups excluding carboxylic acids is 2. The van der Waals surface area contributed by atoms with Crippen LogP contribution >= 0.6 is 22.6 Å². The van der Waals surface area contributed by atoms with Crippen molar-refractivity contribution in [1.82, 2.24) is 0 Å². The molecule has 140 valence electrons. The van der Waals surface area contributed by atoms with E-state index in [-0.39, 0.29) is 29.8 Å². The number of Topliss-reactive ketones (excluding diaryl/α,β-unsaturated/α-hetero) is 1. The number of halogens is 2. The maximum Gasteiger partial charge on any atom is 0.178 e. The first kappa shape index (κ1) is 18.5. The van der Waals surface area contributed by atoms with Gasteiger partial charge in [-0.25, -0.2) is 4.39 Å².